The average Bonchev–Trinajstić information content (AvgIpc) is 3.08. The van der Waals surface area contributed by atoms with E-state index in [4.69, 9.17) is 9.84 Å². The normalized spacial score (nSPS) is 11.8. The molecular weight excluding hydrogens is 324 g/mol. The quantitative estimate of drug-likeness (QED) is 0.685. The van der Waals surface area contributed by atoms with Crippen molar-refractivity contribution in [3.8, 4) is 16.9 Å². The van der Waals surface area contributed by atoms with E-state index >= 15 is 0 Å². The first-order valence-electron chi connectivity index (χ1n) is 8.03. The van der Waals surface area contributed by atoms with Crippen LogP contribution in [0.15, 0.2) is 35.7 Å². The van der Waals surface area contributed by atoms with E-state index in [1.807, 2.05) is 31.2 Å². The van der Waals surface area contributed by atoms with Gasteiger partial charge < -0.3 is 20.5 Å². The third-order valence-electron chi connectivity index (χ3n) is 3.81. The molecule has 1 atom stereocenters. The second-order valence-electron chi connectivity index (χ2n) is 5.47. The molecule has 5 nitrogen and oxygen atoms in total. The maximum atomic E-state index is 11.9. The molecule has 1 heterocycles. The molecule has 24 heavy (non-hydrogen) atoms. The Kier molecular flexibility index (Phi) is 7.08. The molecule has 130 valence electrons. The first-order chi connectivity index (χ1) is 11.7. The van der Waals surface area contributed by atoms with Gasteiger partial charge in [0.15, 0.2) is 0 Å². The van der Waals surface area contributed by atoms with Crippen LogP contribution in [0, 0.1) is 0 Å². The van der Waals surface area contributed by atoms with Crippen molar-refractivity contribution in [1.29, 1.82) is 0 Å². The van der Waals surface area contributed by atoms with Crippen molar-refractivity contribution in [2.75, 3.05) is 13.7 Å². The standard InChI is InChI=1S/C18H24N2O3S/c1-3-15(8-9-21)20-18(22)19-11-17-10-14(12-24-17)13-4-6-16(23-2)7-5-13/h4-7,10,12,15,21H,3,8-9,11H2,1-2H3,(H2,19,20,22). The van der Waals surface area contributed by atoms with Crippen molar-refractivity contribution in [2.45, 2.75) is 32.4 Å². The van der Waals surface area contributed by atoms with Gasteiger partial charge in [-0.15, -0.1) is 11.3 Å². The summed E-state index contributed by atoms with van der Waals surface area (Å²) in [6, 6.07) is 9.80. The van der Waals surface area contributed by atoms with E-state index in [9.17, 15) is 4.79 Å². The van der Waals surface area contributed by atoms with Crippen molar-refractivity contribution in [3.63, 3.8) is 0 Å². The number of amides is 2. The summed E-state index contributed by atoms with van der Waals surface area (Å²) in [5, 5.41) is 16.8. The number of rotatable bonds is 8. The third-order valence-corrected chi connectivity index (χ3v) is 4.74. The highest BCUT2D eigenvalue weighted by atomic mass is 32.1. The first kappa shape index (κ1) is 18.3. The lowest BCUT2D eigenvalue weighted by Gasteiger charge is -2.15. The zero-order valence-electron chi connectivity index (χ0n) is 14.0. The zero-order valence-corrected chi connectivity index (χ0v) is 14.9. The highest BCUT2D eigenvalue weighted by Gasteiger charge is 2.10. The van der Waals surface area contributed by atoms with E-state index in [2.05, 4.69) is 22.1 Å². The van der Waals surface area contributed by atoms with Crippen LogP contribution in [-0.2, 0) is 6.54 Å². The second kappa shape index (κ2) is 9.30. The molecule has 0 saturated heterocycles. The molecule has 0 aliphatic rings. The summed E-state index contributed by atoms with van der Waals surface area (Å²) in [4.78, 5) is 13.0. The summed E-state index contributed by atoms with van der Waals surface area (Å²) in [7, 11) is 1.65. The highest BCUT2D eigenvalue weighted by molar-refractivity contribution is 7.10. The topological polar surface area (TPSA) is 70.6 Å². The molecule has 1 aromatic carbocycles. The predicted octanol–water partition coefficient (Wildman–Crippen LogP) is 3.38. The lowest BCUT2D eigenvalue weighted by atomic mass is 10.1. The number of aliphatic hydroxyl groups is 1. The van der Waals surface area contributed by atoms with Crippen molar-refractivity contribution < 1.29 is 14.6 Å². The van der Waals surface area contributed by atoms with Gasteiger partial charge in [0.25, 0.3) is 0 Å². The number of thiophene rings is 1. The molecule has 0 fully saturated rings. The van der Waals surface area contributed by atoms with E-state index in [0.29, 0.717) is 13.0 Å². The molecule has 2 rings (SSSR count). The molecule has 0 saturated carbocycles. The van der Waals surface area contributed by atoms with Gasteiger partial charge in [0.2, 0.25) is 0 Å². The van der Waals surface area contributed by atoms with Crippen LogP contribution in [0.2, 0.25) is 0 Å². The summed E-state index contributed by atoms with van der Waals surface area (Å²) < 4.78 is 5.17. The van der Waals surface area contributed by atoms with Gasteiger partial charge in [0, 0.05) is 17.5 Å². The Bertz CT molecular complexity index is 640. The first-order valence-corrected chi connectivity index (χ1v) is 8.91. The Hall–Kier alpha value is -2.05. The van der Waals surface area contributed by atoms with Gasteiger partial charge in [-0.3, -0.25) is 0 Å². The van der Waals surface area contributed by atoms with Gasteiger partial charge in [-0.1, -0.05) is 19.1 Å². The fourth-order valence-corrected chi connectivity index (χ4v) is 3.18. The number of benzene rings is 1. The number of hydrogen-bond acceptors (Lipinski definition) is 4. The van der Waals surface area contributed by atoms with Gasteiger partial charge >= 0.3 is 6.03 Å². The maximum absolute atomic E-state index is 11.9. The second-order valence-corrected chi connectivity index (χ2v) is 6.47. The molecule has 3 N–H and O–H groups in total. The molecular formula is C18H24N2O3S. The number of carbonyl (C=O) groups excluding carboxylic acids is 1. The minimum Gasteiger partial charge on any atom is -0.497 e. The van der Waals surface area contributed by atoms with E-state index in [0.717, 1.165) is 28.2 Å². The molecule has 1 unspecified atom stereocenters. The number of aliphatic hydroxyl groups excluding tert-OH is 1. The zero-order chi connectivity index (χ0) is 17.4. The highest BCUT2D eigenvalue weighted by Crippen LogP contribution is 2.27. The summed E-state index contributed by atoms with van der Waals surface area (Å²) in [6.45, 7) is 2.55. The van der Waals surface area contributed by atoms with Crippen LogP contribution in [0.4, 0.5) is 4.79 Å². The Balaban J connectivity index is 1.88. The summed E-state index contributed by atoms with van der Waals surface area (Å²) >= 11 is 1.62. The minimum absolute atomic E-state index is 0.00759. The predicted molar refractivity (Wildman–Crippen MR) is 97.5 cm³/mol. The number of nitrogens with one attached hydrogen (secondary N) is 2. The van der Waals surface area contributed by atoms with Gasteiger partial charge in [-0.2, -0.15) is 0 Å². The molecule has 0 radical (unpaired) electrons. The molecule has 0 aliphatic heterocycles. The number of urea groups is 1. The van der Waals surface area contributed by atoms with Crippen LogP contribution in [0.5, 0.6) is 5.75 Å². The van der Waals surface area contributed by atoms with Crippen LogP contribution in [-0.4, -0.2) is 30.9 Å². The molecule has 0 aliphatic carbocycles. The Morgan fingerprint density at radius 2 is 2.04 bits per heavy atom. The van der Waals surface area contributed by atoms with Gasteiger partial charge in [-0.25, -0.2) is 4.79 Å². The molecule has 0 bridgehead atoms. The lowest BCUT2D eigenvalue weighted by Crippen LogP contribution is -2.41. The largest absolute Gasteiger partial charge is 0.497 e. The van der Waals surface area contributed by atoms with Crippen molar-refractivity contribution in [3.05, 3.63) is 40.6 Å². The van der Waals surface area contributed by atoms with Crippen LogP contribution in [0.1, 0.15) is 24.6 Å². The van der Waals surface area contributed by atoms with Crippen LogP contribution < -0.4 is 15.4 Å². The van der Waals surface area contributed by atoms with Crippen LogP contribution >= 0.6 is 11.3 Å². The van der Waals surface area contributed by atoms with E-state index in [-0.39, 0.29) is 18.7 Å². The van der Waals surface area contributed by atoms with E-state index in [1.54, 1.807) is 18.4 Å². The molecule has 0 spiro atoms. The lowest BCUT2D eigenvalue weighted by molar-refractivity contribution is 0.227. The van der Waals surface area contributed by atoms with Gasteiger partial charge in [0.05, 0.1) is 13.7 Å². The molecule has 1 aromatic heterocycles. The Morgan fingerprint density at radius 3 is 2.67 bits per heavy atom. The monoisotopic (exact) mass is 348 g/mol. The van der Waals surface area contributed by atoms with Crippen molar-refractivity contribution in [2.24, 2.45) is 0 Å². The van der Waals surface area contributed by atoms with Crippen molar-refractivity contribution in [1.82, 2.24) is 10.6 Å². The van der Waals surface area contributed by atoms with Gasteiger partial charge in [0.1, 0.15) is 5.75 Å². The van der Waals surface area contributed by atoms with E-state index < -0.39 is 0 Å². The number of hydrogen-bond donors (Lipinski definition) is 3. The Morgan fingerprint density at radius 1 is 1.29 bits per heavy atom. The molecule has 6 heteroatoms. The number of carbonyl (C=O) groups is 1. The summed E-state index contributed by atoms with van der Waals surface area (Å²) in [6.07, 6.45) is 1.37. The summed E-state index contributed by atoms with van der Waals surface area (Å²) in [5.74, 6) is 0.834. The average molecular weight is 348 g/mol. The molecule has 2 amide bonds. The SMILES string of the molecule is CCC(CCO)NC(=O)NCc1cc(-c2ccc(OC)cc2)cs1. The number of methoxy groups -OCH3 is 1. The maximum Gasteiger partial charge on any atom is 0.315 e. The fraction of sp³-hybridized carbons (Fsp3) is 0.389. The summed E-state index contributed by atoms with van der Waals surface area (Å²) in [5.41, 5.74) is 2.25. The Labute approximate surface area is 146 Å². The van der Waals surface area contributed by atoms with Crippen molar-refractivity contribution >= 4 is 17.4 Å². The van der Waals surface area contributed by atoms with Gasteiger partial charge in [-0.05, 0) is 47.5 Å². The smallest absolute Gasteiger partial charge is 0.315 e. The minimum atomic E-state index is -0.199. The fourth-order valence-electron chi connectivity index (χ4n) is 2.35. The van der Waals surface area contributed by atoms with Crippen LogP contribution in [0.25, 0.3) is 11.1 Å². The number of ether oxygens (including phenoxy) is 1. The van der Waals surface area contributed by atoms with Crippen LogP contribution in [0.3, 0.4) is 0 Å². The third kappa shape index (κ3) is 5.25. The molecule has 2 aromatic rings. The van der Waals surface area contributed by atoms with E-state index in [1.165, 1.54) is 0 Å².